The number of nitrogens with zero attached hydrogens (tertiary/aromatic N) is 2. The summed E-state index contributed by atoms with van der Waals surface area (Å²) in [6.45, 7) is 0. The minimum absolute atomic E-state index is 0.422. The number of hydrogen-bond donors (Lipinski definition) is 2. The molecule has 6 heteroatoms. The van der Waals surface area contributed by atoms with Crippen LogP contribution in [-0.4, -0.2) is 48.0 Å². The average Bonchev–Trinajstić information content (AvgIpc) is 2.08. The number of rotatable bonds is 0. The first-order valence-electron chi connectivity index (χ1n) is 3.52. The van der Waals surface area contributed by atoms with Crippen LogP contribution in [-0.2, 0) is 4.79 Å². The van der Waals surface area contributed by atoms with Gasteiger partial charge in [-0.25, -0.2) is 4.79 Å². The van der Waals surface area contributed by atoms with Gasteiger partial charge in [0.2, 0.25) is 0 Å². The Morgan fingerprint density at radius 3 is 2.25 bits per heavy atom. The zero-order valence-electron chi connectivity index (χ0n) is 7.02. The van der Waals surface area contributed by atoms with E-state index in [1.807, 2.05) is 0 Å². The molecule has 0 aromatic heterocycles. The summed E-state index contributed by atoms with van der Waals surface area (Å²) in [6, 6.07) is -1.24. The van der Waals surface area contributed by atoms with Gasteiger partial charge in [0.15, 0.2) is 0 Å². The third-order valence-corrected chi connectivity index (χ3v) is 2.02. The predicted octanol–water partition coefficient (Wildman–Crippen LogP) is -1.88. The van der Waals surface area contributed by atoms with Gasteiger partial charge in [-0.2, -0.15) is 0 Å². The number of imide groups is 1. The van der Waals surface area contributed by atoms with E-state index >= 15 is 0 Å². The van der Waals surface area contributed by atoms with Gasteiger partial charge in [-0.15, -0.1) is 0 Å². The highest BCUT2D eigenvalue weighted by Gasteiger charge is 2.38. The van der Waals surface area contributed by atoms with E-state index in [1.165, 1.54) is 19.0 Å². The molecule has 1 aliphatic heterocycles. The molecule has 2 atom stereocenters. The Balaban J connectivity index is 2.91. The maximum atomic E-state index is 11.2. The second-order valence-corrected chi connectivity index (χ2v) is 2.81. The van der Waals surface area contributed by atoms with Crippen molar-refractivity contribution in [2.45, 2.75) is 12.2 Å². The smallest absolute Gasteiger partial charge is 0.317 e. The van der Waals surface area contributed by atoms with E-state index in [-0.39, 0.29) is 0 Å². The first kappa shape index (κ1) is 8.95. The fourth-order valence-corrected chi connectivity index (χ4v) is 1.07. The average molecular weight is 172 g/mol. The lowest BCUT2D eigenvalue weighted by molar-refractivity contribution is -0.132. The summed E-state index contributed by atoms with van der Waals surface area (Å²) in [5.41, 5.74) is 11.0. The molecule has 1 saturated heterocycles. The highest BCUT2D eigenvalue weighted by molar-refractivity contribution is 5.99. The standard InChI is InChI=1S/C6H12N4O2/c1-9-4(8)3(7)5(11)10(2)6(9)12/h3-4H,7-8H2,1-2H3/t3-,4-/m0/s1. The largest absolute Gasteiger partial charge is 0.327 e. The molecule has 68 valence electrons. The zero-order chi connectivity index (χ0) is 9.46. The molecule has 1 heterocycles. The molecule has 1 fully saturated rings. The fourth-order valence-electron chi connectivity index (χ4n) is 1.07. The Kier molecular flexibility index (Phi) is 2.03. The molecule has 0 radical (unpaired) electrons. The maximum absolute atomic E-state index is 11.2. The third kappa shape index (κ3) is 1.05. The van der Waals surface area contributed by atoms with Crippen molar-refractivity contribution in [3.8, 4) is 0 Å². The quantitative estimate of drug-likeness (QED) is 0.447. The normalized spacial score (nSPS) is 31.3. The Bertz CT molecular complexity index is 208. The second-order valence-electron chi connectivity index (χ2n) is 2.81. The Hall–Kier alpha value is -1.14. The first-order chi connectivity index (χ1) is 5.46. The van der Waals surface area contributed by atoms with E-state index < -0.39 is 24.1 Å². The molecule has 6 nitrogen and oxygen atoms in total. The molecule has 0 aromatic rings. The van der Waals surface area contributed by atoms with Crippen LogP contribution >= 0.6 is 0 Å². The molecule has 0 unspecified atom stereocenters. The van der Waals surface area contributed by atoms with Crippen molar-refractivity contribution >= 4 is 11.9 Å². The Morgan fingerprint density at radius 1 is 1.25 bits per heavy atom. The highest BCUT2D eigenvalue weighted by Crippen LogP contribution is 2.08. The van der Waals surface area contributed by atoms with Gasteiger partial charge in [-0.1, -0.05) is 0 Å². The van der Waals surface area contributed by atoms with Gasteiger partial charge >= 0.3 is 6.03 Å². The summed E-state index contributed by atoms with van der Waals surface area (Å²) < 4.78 is 0. The van der Waals surface area contributed by atoms with Gasteiger partial charge in [0, 0.05) is 14.1 Å². The van der Waals surface area contributed by atoms with E-state index in [0.29, 0.717) is 0 Å². The molecular formula is C6H12N4O2. The molecular weight excluding hydrogens is 160 g/mol. The van der Waals surface area contributed by atoms with Gasteiger partial charge in [0.25, 0.3) is 5.91 Å². The van der Waals surface area contributed by atoms with Gasteiger partial charge in [0.05, 0.1) is 0 Å². The van der Waals surface area contributed by atoms with Crippen LogP contribution in [0.3, 0.4) is 0 Å². The number of urea groups is 1. The monoisotopic (exact) mass is 172 g/mol. The minimum atomic E-state index is -0.822. The van der Waals surface area contributed by atoms with Crippen LogP contribution in [0.5, 0.6) is 0 Å². The number of likely N-dealkylation sites (N-methyl/N-ethyl adjacent to an activating group) is 2. The van der Waals surface area contributed by atoms with Crippen LogP contribution in [0.1, 0.15) is 0 Å². The van der Waals surface area contributed by atoms with Gasteiger partial charge in [0.1, 0.15) is 12.2 Å². The molecule has 4 N–H and O–H groups in total. The SMILES string of the molecule is CN1C(=O)[C@@H](N)[C@@H](N)N(C)C1=O. The molecule has 0 spiro atoms. The van der Waals surface area contributed by atoms with Crippen LogP contribution < -0.4 is 11.5 Å². The van der Waals surface area contributed by atoms with Crippen molar-refractivity contribution in [3.05, 3.63) is 0 Å². The van der Waals surface area contributed by atoms with E-state index in [0.717, 1.165) is 4.90 Å². The van der Waals surface area contributed by atoms with Crippen molar-refractivity contribution in [1.82, 2.24) is 9.80 Å². The van der Waals surface area contributed by atoms with Crippen LogP contribution in [0.4, 0.5) is 4.79 Å². The number of amides is 3. The molecule has 3 amide bonds. The summed E-state index contributed by atoms with van der Waals surface area (Å²) in [7, 11) is 2.89. The van der Waals surface area contributed by atoms with Crippen molar-refractivity contribution in [2.75, 3.05) is 14.1 Å². The molecule has 0 bridgehead atoms. The van der Waals surface area contributed by atoms with E-state index in [4.69, 9.17) is 11.5 Å². The molecule has 1 rings (SSSR count). The van der Waals surface area contributed by atoms with Crippen LogP contribution in [0.2, 0.25) is 0 Å². The van der Waals surface area contributed by atoms with E-state index in [1.54, 1.807) is 0 Å². The summed E-state index contributed by atoms with van der Waals surface area (Å²) in [5, 5.41) is 0. The molecule has 0 aliphatic carbocycles. The molecule has 0 aromatic carbocycles. The molecule has 1 aliphatic rings. The summed E-state index contributed by atoms with van der Waals surface area (Å²) in [4.78, 5) is 24.6. The van der Waals surface area contributed by atoms with Crippen LogP contribution in [0.25, 0.3) is 0 Å². The molecule has 0 saturated carbocycles. The number of carbonyl (C=O) groups is 2. The fraction of sp³-hybridized carbons (Fsp3) is 0.667. The molecule has 12 heavy (non-hydrogen) atoms. The number of hydrogen-bond acceptors (Lipinski definition) is 4. The minimum Gasteiger partial charge on any atom is -0.317 e. The topological polar surface area (TPSA) is 92.7 Å². The summed E-state index contributed by atoms with van der Waals surface area (Å²) >= 11 is 0. The lowest BCUT2D eigenvalue weighted by Gasteiger charge is -2.37. The van der Waals surface area contributed by atoms with Crippen LogP contribution in [0, 0.1) is 0 Å². The van der Waals surface area contributed by atoms with Crippen molar-refractivity contribution < 1.29 is 9.59 Å². The Labute approximate surface area is 70.1 Å². The second kappa shape index (κ2) is 2.72. The summed E-state index contributed by atoms with van der Waals surface area (Å²) in [6.07, 6.45) is -0.721. The first-order valence-corrected chi connectivity index (χ1v) is 3.52. The van der Waals surface area contributed by atoms with Crippen molar-refractivity contribution in [1.29, 1.82) is 0 Å². The zero-order valence-corrected chi connectivity index (χ0v) is 7.02. The van der Waals surface area contributed by atoms with Crippen LogP contribution in [0.15, 0.2) is 0 Å². The van der Waals surface area contributed by atoms with Gasteiger partial charge in [-0.05, 0) is 0 Å². The third-order valence-electron chi connectivity index (χ3n) is 2.02. The maximum Gasteiger partial charge on any atom is 0.327 e. The lowest BCUT2D eigenvalue weighted by atomic mass is 10.1. The lowest BCUT2D eigenvalue weighted by Crippen LogP contribution is -2.67. The van der Waals surface area contributed by atoms with E-state index in [9.17, 15) is 9.59 Å². The number of nitrogens with two attached hydrogens (primary N) is 2. The van der Waals surface area contributed by atoms with Gasteiger partial charge in [-0.3, -0.25) is 9.69 Å². The van der Waals surface area contributed by atoms with Crippen molar-refractivity contribution in [3.63, 3.8) is 0 Å². The Morgan fingerprint density at radius 2 is 1.75 bits per heavy atom. The highest BCUT2D eigenvalue weighted by atomic mass is 16.2. The van der Waals surface area contributed by atoms with Gasteiger partial charge < -0.3 is 16.4 Å². The predicted molar refractivity (Wildman–Crippen MR) is 41.9 cm³/mol. The van der Waals surface area contributed by atoms with E-state index in [2.05, 4.69) is 0 Å². The summed E-state index contributed by atoms with van der Waals surface area (Å²) in [5.74, 6) is -0.439. The number of carbonyl (C=O) groups excluding carboxylic acids is 2. The van der Waals surface area contributed by atoms with Crippen molar-refractivity contribution in [2.24, 2.45) is 11.5 Å².